The van der Waals surface area contributed by atoms with Crippen molar-refractivity contribution in [3.05, 3.63) is 62.4 Å². The lowest BCUT2D eigenvalue weighted by molar-refractivity contribution is 0.0977. The molecule has 7 heteroatoms. The van der Waals surface area contributed by atoms with Crippen molar-refractivity contribution in [2.75, 3.05) is 0 Å². The summed E-state index contributed by atoms with van der Waals surface area (Å²) < 4.78 is 27.9. The molecule has 0 radical (unpaired) electrons. The van der Waals surface area contributed by atoms with Gasteiger partial charge in [0, 0.05) is 31.5 Å². The molecule has 0 aliphatic heterocycles. The predicted molar refractivity (Wildman–Crippen MR) is 96.1 cm³/mol. The summed E-state index contributed by atoms with van der Waals surface area (Å²) >= 11 is 12.2. The summed E-state index contributed by atoms with van der Waals surface area (Å²) in [6.07, 6.45) is 0.574. The Bertz CT molecular complexity index is 932. The molecule has 0 amide bonds. The number of Topliss-reactive ketones (excluding diaryl/α,β-unsaturated/α-hetero) is 1. The van der Waals surface area contributed by atoms with Crippen molar-refractivity contribution >= 4 is 29.0 Å². The highest BCUT2D eigenvalue weighted by Gasteiger charge is 2.44. The van der Waals surface area contributed by atoms with Crippen molar-refractivity contribution in [3.63, 3.8) is 0 Å². The molecule has 2 atom stereocenters. The van der Waals surface area contributed by atoms with Gasteiger partial charge in [0.2, 0.25) is 0 Å². The molecule has 3 nitrogen and oxygen atoms in total. The fourth-order valence-electron chi connectivity index (χ4n) is 4.44. The first-order chi connectivity index (χ1) is 12.4. The molecule has 1 saturated carbocycles. The third kappa shape index (κ3) is 2.69. The average Bonchev–Trinajstić information content (AvgIpc) is 3.26. The Kier molecular flexibility index (Phi) is 4.40. The molecule has 2 bridgehead atoms. The minimum absolute atomic E-state index is 0.0191. The second-order valence-corrected chi connectivity index (χ2v) is 7.77. The van der Waals surface area contributed by atoms with Crippen molar-refractivity contribution < 1.29 is 13.6 Å². The molecule has 0 saturated heterocycles. The highest BCUT2D eigenvalue weighted by atomic mass is 35.5. The van der Waals surface area contributed by atoms with E-state index >= 15 is 0 Å². The predicted octanol–water partition coefficient (Wildman–Crippen LogP) is 5.45. The first kappa shape index (κ1) is 17.7. The smallest absolute Gasteiger partial charge is 0.282 e. The van der Waals surface area contributed by atoms with Crippen molar-refractivity contribution in [1.29, 1.82) is 0 Å². The van der Waals surface area contributed by atoms with Crippen LogP contribution in [0.4, 0.5) is 8.78 Å². The lowest BCUT2D eigenvalue weighted by Gasteiger charge is -2.18. The topological polar surface area (TPSA) is 34.9 Å². The first-order valence-corrected chi connectivity index (χ1v) is 9.15. The van der Waals surface area contributed by atoms with E-state index in [0.29, 0.717) is 4.49 Å². The van der Waals surface area contributed by atoms with Crippen LogP contribution in [-0.4, -0.2) is 15.6 Å². The van der Waals surface area contributed by atoms with Gasteiger partial charge in [0.15, 0.2) is 5.78 Å². The van der Waals surface area contributed by atoms with Gasteiger partial charge in [0.25, 0.3) is 6.43 Å². The molecule has 1 aromatic heterocycles. The van der Waals surface area contributed by atoms with Crippen molar-refractivity contribution in [2.24, 2.45) is 7.05 Å². The molecular formula is C19H16Cl2F2N2O. The highest BCUT2D eigenvalue weighted by Crippen LogP contribution is 2.59. The normalized spacial score (nSPS) is 20.8. The summed E-state index contributed by atoms with van der Waals surface area (Å²) in [5.41, 5.74) is 3.65. The molecule has 1 fully saturated rings. The molecule has 136 valence electrons. The van der Waals surface area contributed by atoms with E-state index < -0.39 is 12.1 Å². The van der Waals surface area contributed by atoms with Gasteiger partial charge in [0.05, 0.1) is 5.56 Å². The van der Waals surface area contributed by atoms with Crippen LogP contribution < -0.4 is 0 Å². The second kappa shape index (κ2) is 6.46. The third-order valence-electron chi connectivity index (χ3n) is 5.38. The zero-order chi connectivity index (χ0) is 18.6. The van der Waals surface area contributed by atoms with Gasteiger partial charge < -0.3 is 0 Å². The van der Waals surface area contributed by atoms with Gasteiger partial charge in [-0.25, -0.2) is 8.78 Å². The van der Waals surface area contributed by atoms with E-state index in [1.54, 1.807) is 0 Å². The molecule has 2 unspecified atom stereocenters. The van der Waals surface area contributed by atoms with E-state index in [9.17, 15) is 13.6 Å². The zero-order valence-corrected chi connectivity index (χ0v) is 15.5. The van der Waals surface area contributed by atoms with Gasteiger partial charge in [0.1, 0.15) is 10.2 Å². The maximum absolute atomic E-state index is 13.2. The Labute approximate surface area is 159 Å². The Morgan fingerprint density at radius 2 is 2.04 bits per heavy atom. The van der Waals surface area contributed by atoms with Crippen LogP contribution in [0, 0.1) is 0 Å². The minimum atomic E-state index is -2.78. The van der Waals surface area contributed by atoms with Gasteiger partial charge in [-0.1, -0.05) is 41.4 Å². The van der Waals surface area contributed by atoms with E-state index in [4.69, 9.17) is 23.2 Å². The molecular weight excluding hydrogens is 381 g/mol. The van der Waals surface area contributed by atoms with Crippen LogP contribution in [0.15, 0.2) is 34.5 Å². The number of allylic oxidation sites excluding steroid dienone is 1. The number of rotatable bonds is 4. The number of fused-ring (bicyclic) bond motifs is 5. The lowest BCUT2D eigenvalue weighted by Crippen LogP contribution is -2.10. The van der Waals surface area contributed by atoms with Crippen molar-refractivity contribution in [3.8, 4) is 0 Å². The molecule has 2 aromatic rings. The maximum atomic E-state index is 13.2. The standard InChI is InChI=1S/C19H16Cl2F2N2O/c1-25-8-13(17(24-25)19(22)23)14(26)7-9-3-2-4-10-11-5-6-12(15(9)10)16(11)18(20)21/h2-4,8,11-12,19H,5-7H2,1H3. The van der Waals surface area contributed by atoms with Crippen LogP contribution in [0.25, 0.3) is 0 Å². The summed E-state index contributed by atoms with van der Waals surface area (Å²) in [5, 5.41) is 3.72. The molecule has 0 spiro atoms. The van der Waals surface area contributed by atoms with Crippen LogP contribution in [0.5, 0.6) is 0 Å². The number of carbonyl (C=O) groups is 1. The van der Waals surface area contributed by atoms with Crippen molar-refractivity contribution in [2.45, 2.75) is 37.5 Å². The van der Waals surface area contributed by atoms with E-state index in [1.807, 2.05) is 18.2 Å². The van der Waals surface area contributed by atoms with Gasteiger partial charge in [-0.05, 0) is 35.1 Å². The Morgan fingerprint density at radius 1 is 1.31 bits per heavy atom. The SMILES string of the molecule is Cn1cc(C(=O)Cc2cccc3c2C2CCC3C2=C(Cl)Cl)c(C(F)F)n1. The fraction of sp³-hybridized carbons (Fsp3) is 0.368. The number of hydrogen-bond acceptors (Lipinski definition) is 2. The van der Waals surface area contributed by atoms with Gasteiger partial charge >= 0.3 is 0 Å². The molecule has 26 heavy (non-hydrogen) atoms. The van der Waals surface area contributed by atoms with Crippen LogP contribution in [0.3, 0.4) is 0 Å². The molecule has 0 N–H and O–H groups in total. The maximum Gasteiger partial charge on any atom is 0.282 e. The number of benzene rings is 1. The summed E-state index contributed by atoms with van der Waals surface area (Å²) in [5.74, 6) is -0.0374. The Balaban J connectivity index is 1.71. The summed E-state index contributed by atoms with van der Waals surface area (Å²) in [4.78, 5) is 12.7. The summed E-state index contributed by atoms with van der Waals surface area (Å²) in [6, 6.07) is 5.83. The fourth-order valence-corrected chi connectivity index (χ4v) is 4.97. The van der Waals surface area contributed by atoms with Crippen molar-refractivity contribution in [1.82, 2.24) is 9.78 Å². The summed E-state index contributed by atoms with van der Waals surface area (Å²) in [7, 11) is 1.53. The largest absolute Gasteiger partial charge is 0.294 e. The Hall–Kier alpha value is -1.72. The van der Waals surface area contributed by atoms with Crippen LogP contribution in [-0.2, 0) is 13.5 Å². The van der Waals surface area contributed by atoms with Gasteiger partial charge in [-0.15, -0.1) is 0 Å². The molecule has 2 aliphatic carbocycles. The van der Waals surface area contributed by atoms with E-state index in [-0.39, 0.29) is 29.6 Å². The monoisotopic (exact) mass is 396 g/mol. The van der Waals surface area contributed by atoms with Crippen LogP contribution in [0.1, 0.15) is 63.8 Å². The number of aryl methyl sites for hydroxylation is 1. The van der Waals surface area contributed by atoms with Crippen LogP contribution >= 0.6 is 23.2 Å². The zero-order valence-electron chi connectivity index (χ0n) is 14.0. The number of alkyl halides is 2. The second-order valence-electron chi connectivity index (χ2n) is 6.82. The average molecular weight is 397 g/mol. The number of nitrogens with zero attached hydrogens (tertiary/aromatic N) is 2. The number of aromatic nitrogens is 2. The van der Waals surface area contributed by atoms with E-state index in [2.05, 4.69) is 5.10 Å². The molecule has 2 aliphatic rings. The molecule has 1 aromatic carbocycles. The van der Waals surface area contributed by atoms with Gasteiger partial charge in [-0.3, -0.25) is 9.48 Å². The number of ketones is 1. The first-order valence-electron chi connectivity index (χ1n) is 8.40. The number of hydrogen-bond donors (Lipinski definition) is 0. The Morgan fingerprint density at radius 3 is 2.73 bits per heavy atom. The van der Waals surface area contributed by atoms with E-state index in [1.165, 1.54) is 17.9 Å². The molecule has 1 heterocycles. The summed E-state index contributed by atoms with van der Waals surface area (Å²) in [6.45, 7) is 0. The van der Waals surface area contributed by atoms with E-state index in [0.717, 1.165) is 35.1 Å². The minimum Gasteiger partial charge on any atom is -0.294 e. The quantitative estimate of drug-likeness (QED) is 0.644. The van der Waals surface area contributed by atoms with Crippen LogP contribution in [0.2, 0.25) is 0 Å². The number of halogens is 4. The third-order valence-corrected chi connectivity index (χ3v) is 5.82. The molecule has 4 rings (SSSR count). The highest BCUT2D eigenvalue weighted by molar-refractivity contribution is 6.56. The lowest BCUT2D eigenvalue weighted by atomic mass is 9.86. The number of carbonyl (C=O) groups excluding carboxylic acids is 1. The van der Waals surface area contributed by atoms with Gasteiger partial charge in [-0.2, -0.15) is 5.10 Å².